The Labute approximate surface area is 164 Å². The van der Waals surface area contributed by atoms with Crippen molar-refractivity contribution in [2.45, 2.75) is 20.0 Å². The summed E-state index contributed by atoms with van der Waals surface area (Å²) in [5, 5.41) is 2.82. The Morgan fingerprint density at radius 1 is 1.04 bits per heavy atom. The molecule has 5 nitrogen and oxygen atoms in total. The van der Waals surface area contributed by atoms with Gasteiger partial charge in [-0.1, -0.05) is 36.4 Å². The molecule has 0 saturated carbocycles. The van der Waals surface area contributed by atoms with E-state index in [1.54, 1.807) is 24.3 Å². The van der Waals surface area contributed by atoms with Crippen molar-refractivity contribution in [1.29, 1.82) is 0 Å². The van der Waals surface area contributed by atoms with E-state index in [1.165, 1.54) is 0 Å². The number of amides is 1. The fourth-order valence-electron chi connectivity index (χ4n) is 2.73. The van der Waals surface area contributed by atoms with Crippen LogP contribution in [0.15, 0.2) is 77.7 Å². The summed E-state index contributed by atoms with van der Waals surface area (Å²) >= 11 is 0. The lowest BCUT2D eigenvalue weighted by molar-refractivity contribution is 0.0992. The summed E-state index contributed by atoms with van der Waals surface area (Å²) in [6.07, 6.45) is 2.55. The molecule has 0 radical (unpaired) electrons. The lowest BCUT2D eigenvalue weighted by Crippen LogP contribution is -2.12. The molecular weight excluding hydrogens is 354 g/mol. The van der Waals surface area contributed by atoms with Gasteiger partial charge in [0.1, 0.15) is 23.9 Å². The number of hydrogen-bond acceptors (Lipinski definition) is 4. The summed E-state index contributed by atoms with van der Waals surface area (Å²) in [4.78, 5) is 12.5. The SMILES string of the molecule is C=CCc1ccccc1OCc1ccc(C(=O)Nc2ccccc2OCC)o1. The normalized spacial score (nSPS) is 10.3. The van der Waals surface area contributed by atoms with Gasteiger partial charge in [0, 0.05) is 0 Å². The molecule has 144 valence electrons. The third-order valence-electron chi connectivity index (χ3n) is 4.03. The van der Waals surface area contributed by atoms with E-state index in [0.717, 1.165) is 17.7 Å². The second-order valence-corrected chi connectivity index (χ2v) is 6.04. The van der Waals surface area contributed by atoms with Crippen LogP contribution >= 0.6 is 0 Å². The molecule has 5 heteroatoms. The Balaban J connectivity index is 1.64. The van der Waals surface area contributed by atoms with Crippen LogP contribution in [0.1, 0.15) is 28.8 Å². The van der Waals surface area contributed by atoms with E-state index in [4.69, 9.17) is 13.9 Å². The molecule has 3 rings (SSSR count). The Hall–Kier alpha value is -3.47. The molecule has 0 unspecified atom stereocenters. The Bertz CT molecular complexity index is 945. The number of hydrogen-bond donors (Lipinski definition) is 1. The number of ether oxygens (including phenoxy) is 2. The van der Waals surface area contributed by atoms with Crippen molar-refractivity contribution in [2.75, 3.05) is 11.9 Å². The summed E-state index contributed by atoms with van der Waals surface area (Å²) in [7, 11) is 0. The highest BCUT2D eigenvalue weighted by atomic mass is 16.5. The molecule has 0 spiro atoms. The Kier molecular flexibility index (Phi) is 6.52. The molecule has 0 atom stereocenters. The topological polar surface area (TPSA) is 60.7 Å². The molecule has 0 aliphatic carbocycles. The van der Waals surface area contributed by atoms with E-state index >= 15 is 0 Å². The van der Waals surface area contributed by atoms with Crippen LogP contribution in [0.2, 0.25) is 0 Å². The molecule has 1 heterocycles. The molecule has 0 aliphatic heterocycles. The van der Waals surface area contributed by atoms with Gasteiger partial charge in [0.15, 0.2) is 5.76 Å². The van der Waals surface area contributed by atoms with Gasteiger partial charge in [-0.15, -0.1) is 6.58 Å². The average molecular weight is 377 g/mol. The number of rotatable bonds is 9. The van der Waals surface area contributed by atoms with E-state index in [9.17, 15) is 4.79 Å². The molecule has 1 N–H and O–H groups in total. The van der Waals surface area contributed by atoms with Gasteiger partial charge in [-0.05, 0) is 49.2 Å². The highest BCUT2D eigenvalue weighted by molar-refractivity contribution is 6.03. The minimum Gasteiger partial charge on any atom is -0.492 e. The van der Waals surface area contributed by atoms with Crippen molar-refractivity contribution in [2.24, 2.45) is 0 Å². The standard InChI is InChI=1S/C23H23NO4/c1-3-9-17-10-5-7-12-20(17)27-16-18-14-15-22(28-18)23(25)24-19-11-6-8-13-21(19)26-4-2/h3,5-8,10-15H,1,4,9,16H2,2H3,(H,24,25). The highest BCUT2D eigenvalue weighted by Gasteiger charge is 2.14. The molecule has 1 aromatic heterocycles. The highest BCUT2D eigenvalue weighted by Crippen LogP contribution is 2.25. The van der Waals surface area contributed by atoms with Crippen molar-refractivity contribution in [3.63, 3.8) is 0 Å². The summed E-state index contributed by atoms with van der Waals surface area (Å²) in [5.74, 6) is 1.83. The summed E-state index contributed by atoms with van der Waals surface area (Å²) < 4.78 is 17.0. The molecule has 0 aliphatic rings. The quantitative estimate of drug-likeness (QED) is 0.518. The Morgan fingerprint density at radius 3 is 2.57 bits per heavy atom. The van der Waals surface area contributed by atoms with Crippen molar-refractivity contribution >= 4 is 11.6 Å². The molecule has 2 aromatic carbocycles. The Morgan fingerprint density at radius 2 is 1.79 bits per heavy atom. The molecular formula is C23H23NO4. The van der Waals surface area contributed by atoms with Crippen LogP contribution in [0.5, 0.6) is 11.5 Å². The first kappa shape index (κ1) is 19.3. The number of allylic oxidation sites excluding steroid dienone is 1. The predicted octanol–water partition coefficient (Wildman–Crippen LogP) is 5.24. The van der Waals surface area contributed by atoms with Gasteiger partial charge < -0.3 is 19.2 Å². The van der Waals surface area contributed by atoms with Gasteiger partial charge in [-0.3, -0.25) is 4.79 Å². The maximum Gasteiger partial charge on any atom is 0.291 e. The smallest absolute Gasteiger partial charge is 0.291 e. The maximum atomic E-state index is 12.5. The predicted molar refractivity (Wildman–Crippen MR) is 109 cm³/mol. The van der Waals surface area contributed by atoms with Crippen LogP contribution in [-0.2, 0) is 13.0 Å². The van der Waals surface area contributed by atoms with E-state index in [-0.39, 0.29) is 18.3 Å². The molecule has 3 aromatic rings. The van der Waals surface area contributed by atoms with Crippen LogP contribution in [0, 0.1) is 0 Å². The van der Waals surface area contributed by atoms with Crippen LogP contribution in [-0.4, -0.2) is 12.5 Å². The molecule has 0 bridgehead atoms. The summed E-state index contributed by atoms with van der Waals surface area (Å²) in [5.41, 5.74) is 1.65. The number of furan rings is 1. The fraction of sp³-hybridized carbons (Fsp3) is 0.174. The zero-order valence-electron chi connectivity index (χ0n) is 15.8. The van der Waals surface area contributed by atoms with E-state index in [0.29, 0.717) is 23.8 Å². The number of anilines is 1. The maximum absolute atomic E-state index is 12.5. The van der Waals surface area contributed by atoms with Crippen molar-refractivity contribution in [1.82, 2.24) is 0 Å². The number of para-hydroxylation sites is 3. The van der Waals surface area contributed by atoms with Crippen LogP contribution in [0.3, 0.4) is 0 Å². The minimum absolute atomic E-state index is 0.212. The second-order valence-electron chi connectivity index (χ2n) is 6.04. The number of carbonyl (C=O) groups excluding carboxylic acids is 1. The zero-order valence-corrected chi connectivity index (χ0v) is 15.8. The first-order valence-corrected chi connectivity index (χ1v) is 9.14. The van der Waals surface area contributed by atoms with E-state index < -0.39 is 0 Å². The molecule has 0 saturated heterocycles. The van der Waals surface area contributed by atoms with Gasteiger partial charge >= 0.3 is 0 Å². The monoisotopic (exact) mass is 377 g/mol. The van der Waals surface area contributed by atoms with Crippen LogP contribution < -0.4 is 14.8 Å². The fourth-order valence-corrected chi connectivity index (χ4v) is 2.73. The molecule has 0 fully saturated rings. The summed E-state index contributed by atoms with van der Waals surface area (Å²) in [6, 6.07) is 18.4. The zero-order chi connectivity index (χ0) is 19.8. The largest absolute Gasteiger partial charge is 0.492 e. The van der Waals surface area contributed by atoms with Gasteiger partial charge in [-0.25, -0.2) is 0 Å². The van der Waals surface area contributed by atoms with Gasteiger partial charge in [0.25, 0.3) is 5.91 Å². The third kappa shape index (κ3) is 4.82. The first-order chi connectivity index (χ1) is 13.7. The minimum atomic E-state index is -0.342. The summed E-state index contributed by atoms with van der Waals surface area (Å²) in [6.45, 7) is 6.41. The first-order valence-electron chi connectivity index (χ1n) is 9.14. The van der Waals surface area contributed by atoms with Crippen molar-refractivity contribution < 1.29 is 18.7 Å². The number of benzene rings is 2. The molecule has 28 heavy (non-hydrogen) atoms. The lowest BCUT2D eigenvalue weighted by atomic mass is 10.1. The number of carbonyl (C=O) groups is 1. The lowest BCUT2D eigenvalue weighted by Gasteiger charge is -2.10. The third-order valence-corrected chi connectivity index (χ3v) is 4.03. The van der Waals surface area contributed by atoms with Crippen LogP contribution in [0.25, 0.3) is 0 Å². The molecule has 1 amide bonds. The van der Waals surface area contributed by atoms with Gasteiger partial charge in [0.2, 0.25) is 0 Å². The second kappa shape index (κ2) is 9.46. The van der Waals surface area contributed by atoms with Gasteiger partial charge in [0.05, 0.1) is 12.3 Å². The van der Waals surface area contributed by atoms with Crippen molar-refractivity contribution in [3.05, 3.63) is 90.4 Å². The van der Waals surface area contributed by atoms with Crippen molar-refractivity contribution in [3.8, 4) is 11.5 Å². The van der Waals surface area contributed by atoms with Crippen LogP contribution in [0.4, 0.5) is 5.69 Å². The van der Waals surface area contributed by atoms with E-state index in [2.05, 4.69) is 11.9 Å². The van der Waals surface area contributed by atoms with E-state index in [1.807, 2.05) is 49.4 Å². The average Bonchev–Trinajstić information content (AvgIpc) is 3.18. The number of nitrogens with one attached hydrogen (secondary N) is 1. The van der Waals surface area contributed by atoms with Gasteiger partial charge in [-0.2, -0.15) is 0 Å².